The Hall–Kier alpha value is -0.249. The Kier molecular flexibility index (Phi) is 9.68. The van der Waals surface area contributed by atoms with Gasteiger partial charge in [-0.3, -0.25) is 0 Å². The number of hydrogen-bond acceptors (Lipinski definition) is 3. The van der Waals surface area contributed by atoms with Crippen LogP contribution in [-0.2, 0) is 13.3 Å². The molecule has 128 valence electrons. The van der Waals surface area contributed by atoms with Crippen LogP contribution in [0.2, 0.25) is 32.2 Å². The molecular formula is C16H34O3Si3. The van der Waals surface area contributed by atoms with Gasteiger partial charge in [-0.2, -0.15) is 0 Å². The smallest absolute Gasteiger partial charge is 0.236 e. The van der Waals surface area contributed by atoms with E-state index in [0.717, 1.165) is 18.0 Å². The van der Waals surface area contributed by atoms with Crippen molar-refractivity contribution >= 4 is 25.7 Å². The first-order chi connectivity index (χ1) is 10.1. The van der Waals surface area contributed by atoms with Gasteiger partial charge in [-0.25, -0.2) is 0 Å². The second-order valence-electron chi connectivity index (χ2n) is 6.81. The molecule has 0 fully saturated rings. The molecule has 0 aliphatic heterocycles. The van der Waals surface area contributed by atoms with Crippen LogP contribution in [0.1, 0.15) is 20.3 Å². The Balaban J connectivity index is 5.22. The van der Waals surface area contributed by atoms with Crippen molar-refractivity contribution in [1.82, 2.24) is 0 Å². The third kappa shape index (κ3) is 9.02. The van der Waals surface area contributed by atoms with Crippen LogP contribution < -0.4 is 0 Å². The van der Waals surface area contributed by atoms with Gasteiger partial charge in [-0.1, -0.05) is 36.9 Å². The molecule has 0 saturated heterocycles. The molecule has 0 spiro atoms. The van der Waals surface area contributed by atoms with Crippen LogP contribution in [0.5, 0.6) is 0 Å². The maximum Gasteiger partial charge on any atom is 0.236 e. The molecule has 0 aromatic heterocycles. The van der Waals surface area contributed by atoms with Crippen LogP contribution in [-0.4, -0.2) is 38.2 Å². The molecule has 1 atom stereocenters. The molecule has 0 aromatic carbocycles. The van der Waals surface area contributed by atoms with Crippen LogP contribution in [0.15, 0.2) is 36.7 Å². The second kappa shape index (κ2) is 9.79. The summed E-state index contributed by atoms with van der Waals surface area (Å²) < 4.78 is 18.9. The summed E-state index contributed by atoms with van der Waals surface area (Å²) in [6.07, 6.45) is 1.07. The summed E-state index contributed by atoms with van der Waals surface area (Å²) in [4.78, 5) is 0. The van der Waals surface area contributed by atoms with Crippen LogP contribution in [0.3, 0.4) is 0 Å². The van der Waals surface area contributed by atoms with Crippen molar-refractivity contribution in [3.63, 3.8) is 0 Å². The van der Waals surface area contributed by atoms with Crippen LogP contribution in [0.25, 0.3) is 0 Å². The van der Waals surface area contributed by atoms with E-state index in [1.807, 2.05) is 18.3 Å². The summed E-state index contributed by atoms with van der Waals surface area (Å²) in [6.45, 7) is 25.0. The van der Waals surface area contributed by atoms with Crippen LogP contribution >= 0.6 is 0 Å². The van der Waals surface area contributed by atoms with Gasteiger partial charge in [0.25, 0.3) is 0 Å². The highest BCUT2D eigenvalue weighted by molar-refractivity contribution is 6.78. The zero-order valence-electron chi connectivity index (χ0n) is 15.3. The van der Waals surface area contributed by atoms with Gasteiger partial charge >= 0.3 is 0 Å². The van der Waals surface area contributed by atoms with Crippen LogP contribution in [0, 0.1) is 0 Å². The van der Waals surface area contributed by atoms with Crippen molar-refractivity contribution in [2.24, 2.45) is 0 Å². The van der Waals surface area contributed by atoms with E-state index in [0.29, 0.717) is 6.61 Å². The molecule has 0 radical (unpaired) electrons. The SMILES string of the molecule is C=C[Si](C)(C)OC(O[Si](C)(C)C=C)[SiH](CCC)OCC(=C)C. The molecule has 0 amide bonds. The highest BCUT2D eigenvalue weighted by Crippen LogP contribution is 2.21. The van der Waals surface area contributed by atoms with Gasteiger partial charge in [0.15, 0.2) is 0 Å². The van der Waals surface area contributed by atoms with E-state index < -0.39 is 25.7 Å². The quantitative estimate of drug-likeness (QED) is 0.293. The van der Waals surface area contributed by atoms with Gasteiger partial charge in [0, 0.05) is 0 Å². The Morgan fingerprint density at radius 3 is 1.86 bits per heavy atom. The first-order valence-corrected chi connectivity index (χ1v) is 15.9. The molecule has 3 nitrogen and oxygen atoms in total. The molecule has 22 heavy (non-hydrogen) atoms. The lowest BCUT2D eigenvalue weighted by Crippen LogP contribution is -2.50. The molecule has 0 aliphatic rings. The van der Waals surface area contributed by atoms with E-state index >= 15 is 0 Å². The molecule has 1 unspecified atom stereocenters. The predicted octanol–water partition coefficient (Wildman–Crippen LogP) is 4.47. The fraction of sp³-hybridized carbons (Fsp3) is 0.625. The zero-order valence-corrected chi connectivity index (χ0v) is 18.4. The second-order valence-corrected chi connectivity index (χ2v) is 17.0. The lowest BCUT2D eigenvalue weighted by Gasteiger charge is -2.36. The summed E-state index contributed by atoms with van der Waals surface area (Å²) in [5.41, 5.74) is 4.93. The van der Waals surface area contributed by atoms with Gasteiger partial charge in [0.05, 0.1) is 6.61 Å². The fourth-order valence-electron chi connectivity index (χ4n) is 1.70. The van der Waals surface area contributed by atoms with Gasteiger partial charge in [-0.05, 0) is 39.2 Å². The third-order valence-corrected chi connectivity index (χ3v) is 10.1. The third-order valence-electron chi connectivity index (χ3n) is 3.24. The maximum absolute atomic E-state index is 6.36. The van der Waals surface area contributed by atoms with Gasteiger partial charge in [0.2, 0.25) is 25.7 Å². The first kappa shape index (κ1) is 21.8. The standard InChI is InChI=1S/C16H34O3Si3/c1-10-13-20(17-14-15(4)5)16(18-21(6,7)11-2)19-22(8,9)12-3/h11-12,16,20H,2-4,10,13-14H2,1,5-9H3. The molecule has 0 heterocycles. The molecule has 0 saturated carbocycles. The Bertz CT molecular complexity index is 359. The van der Waals surface area contributed by atoms with Crippen molar-refractivity contribution in [1.29, 1.82) is 0 Å². The average Bonchev–Trinajstić information content (AvgIpc) is 2.42. The normalized spacial score (nSPS) is 14.0. The summed E-state index contributed by atoms with van der Waals surface area (Å²) in [5, 5.41) is 0. The molecule has 0 bridgehead atoms. The largest absolute Gasteiger partial charge is 0.411 e. The van der Waals surface area contributed by atoms with E-state index in [-0.39, 0.29) is 5.91 Å². The Morgan fingerprint density at radius 2 is 1.55 bits per heavy atom. The predicted molar refractivity (Wildman–Crippen MR) is 104 cm³/mol. The molecule has 0 aliphatic carbocycles. The highest BCUT2D eigenvalue weighted by Gasteiger charge is 2.35. The molecule has 0 rings (SSSR count). The molecule has 0 aromatic rings. The van der Waals surface area contributed by atoms with Crippen LogP contribution in [0.4, 0.5) is 0 Å². The lowest BCUT2D eigenvalue weighted by molar-refractivity contribution is 0.0430. The van der Waals surface area contributed by atoms with Gasteiger partial charge in [0.1, 0.15) is 5.91 Å². The minimum absolute atomic E-state index is 0.237. The Morgan fingerprint density at radius 1 is 1.09 bits per heavy atom. The van der Waals surface area contributed by atoms with E-state index in [1.54, 1.807) is 0 Å². The van der Waals surface area contributed by atoms with Gasteiger partial charge in [-0.15, -0.1) is 13.2 Å². The van der Waals surface area contributed by atoms with E-state index in [9.17, 15) is 0 Å². The van der Waals surface area contributed by atoms with Crippen molar-refractivity contribution in [3.8, 4) is 0 Å². The maximum atomic E-state index is 6.36. The fourth-order valence-corrected chi connectivity index (χ4v) is 8.27. The van der Waals surface area contributed by atoms with Crippen molar-refractivity contribution in [2.45, 2.75) is 58.4 Å². The summed E-state index contributed by atoms with van der Waals surface area (Å²) in [7, 11) is -5.55. The first-order valence-electron chi connectivity index (χ1n) is 7.95. The molecular weight excluding hydrogens is 324 g/mol. The zero-order chi connectivity index (χ0) is 17.4. The average molecular weight is 359 g/mol. The molecule has 6 heteroatoms. The molecule has 0 N–H and O–H groups in total. The lowest BCUT2D eigenvalue weighted by atomic mass is 10.4. The number of rotatable bonds is 12. The summed E-state index contributed by atoms with van der Waals surface area (Å²) in [6, 6.07) is 1.03. The van der Waals surface area contributed by atoms with Gasteiger partial charge < -0.3 is 13.3 Å². The van der Waals surface area contributed by atoms with Crippen molar-refractivity contribution < 1.29 is 13.3 Å². The Labute approximate surface area is 141 Å². The summed E-state index contributed by atoms with van der Waals surface area (Å²) in [5.74, 6) is -0.237. The monoisotopic (exact) mass is 358 g/mol. The number of hydrogen-bond donors (Lipinski definition) is 0. The summed E-state index contributed by atoms with van der Waals surface area (Å²) >= 11 is 0. The van der Waals surface area contributed by atoms with Crippen molar-refractivity contribution in [2.75, 3.05) is 6.61 Å². The van der Waals surface area contributed by atoms with E-state index in [4.69, 9.17) is 13.3 Å². The topological polar surface area (TPSA) is 27.7 Å². The van der Waals surface area contributed by atoms with E-state index in [1.165, 1.54) is 0 Å². The highest BCUT2D eigenvalue weighted by atomic mass is 28.4. The minimum Gasteiger partial charge on any atom is -0.411 e. The van der Waals surface area contributed by atoms with E-state index in [2.05, 4.69) is 52.8 Å². The minimum atomic E-state index is -1.94. The van der Waals surface area contributed by atoms with Crippen molar-refractivity contribution in [3.05, 3.63) is 36.7 Å².